The summed E-state index contributed by atoms with van der Waals surface area (Å²) in [7, 11) is 1.33. The molecule has 0 radical (unpaired) electrons. The number of aromatic nitrogens is 1. The van der Waals surface area contributed by atoms with Crippen molar-refractivity contribution in [2.75, 3.05) is 7.11 Å². The Kier molecular flexibility index (Phi) is 3.21. The summed E-state index contributed by atoms with van der Waals surface area (Å²) < 4.78 is 41.4. The first kappa shape index (κ1) is 11.1. The maximum atomic E-state index is 12.2. The van der Waals surface area contributed by atoms with E-state index in [4.69, 9.17) is 16.3 Å². The molecule has 0 aliphatic carbocycles. The number of methoxy groups -OCH3 is 1. The van der Waals surface area contributed by atoms with Crippen molar-refractivity contribution in [2.24, 2.45) is 0 Å². The third-order valence-electron chi connectivity index (χ3n) is 1.59. The lowest BCUT2D eigenvalue weighted by Gasteiger charge is -2.09. The van der Waals surface area contributed by atoms with E-state index in [0.717, 1.165) is 12.3 Å². The summed E-state index contributed by atoms with van der Waals surface area (Å²) in [6.07, 6.45) is -3.69. The fraction of sp³-hybridized carbons (Fsp3) is 0.375. The Morgan fingerprint density at radius 1 is 1.50 bits per heavy atom. The maximum Gasteiger partial charge on any atom is 0.417 e. The highest BCUT2D eigenvalue weighted by molar-refractivity contribution is 6.17. The zero-order valence-electron chi connectivity index (χ0n) is 7.23. The van der Waals surface area contributed by atoms with Gasteiger partial charge >= 0.3 is 6.18 Å². The first-order valence-corrected chi connectivity index (χ1v) is 4.18. The predicted octanol–water partition coefficient (Wildman–Crippen LogP) is 2.85. The van der Waals surface area contributed by atoms with E-state index in [1.54, 1.807) is 0 Å². The SMILES string of the molecule is COc1ncc(C(F)(F)F)cc1CCl. The second-order valence-corrected chi connectivity index (χ2v) is 2.79. The molecule has 78 valence electrons. The van der Waals surface area contributed by atoms with Crippen LogP contribution in [0.3, 0.4) is 0 Å². The molecule has 6 heteroatoms. The summed E-state index contributed by atoms with van der Waals surface area (Å²) >= 11 is 5.45. The van der Waals surface area contributed by atoms with Crippen LogP contribution in [0.4, 0.5) is 13.2 Å². The molecule has 1 aromatic rings. The van der Waals surface area contributed by atoms with Gasteiger partial charge in [-0.1, -0.05) is 0 Å². The smallest absolute Gasteiger partial charge is 0.417 e. The summed E-state index contributed by atoms with van der Waals surface area (Å²) in [5.41, 5.74) is -0.599. The number of hydrogen-bond donors (Lipinski definition) is 0. The molecule has 0 aliphatic rings. The quantitative estimate of drug-likeness (QED) is 0.722. The molecule has 0 atom stereocenters. The molecule has 1 rings (SSSR count). The zero-order chi connectivity index (χ0) is 10.8. The Morgan fingerprint density at radius 2 is 2.14 bits per heavy atom. The zero-order valence-corrected chi connectivity index (χ0v) is 7.99. The molecule has 0 fully saturated rings. The number of pyridine rings is 1. The number of nitrogens with zero attached hydrogens (tertiary/aromatic N) is 1. The molecule has 2 nitrogen and oxygen atoms in total. The van der Waals surface area contributed by atoms with Crippen LogP contribution in [0.15, 0.2) is 12.3 Å². The van der Waals surface area contributed by atoms with E-state index >= 15 is 0 Å². The minimum absolute atomic E-state index is 0.0694. The molecule has 0 bridgehead atoms. The summed E-state index contributed by atoms with van der Waals surface area (Å²) in [5.74, 6) is 0.0492. The van der Waals surface area contributed by atoms with Crippen molar-refractivity contribution >= 4 is 11.6 Å². The van der Waals surface area contributed by atoms with Crippen molar-refractivity contribution in [2.45, 2.75) is 12.1 Å². The Labute approximate surface area is 83.7 Å². The highest BCUT2D eigenvalue weighted by Crippen LogP contribution is 2.31. The molecule has 0 aliphatic heterocycles. The molecule has 14 heavy (non-hydrogen) atoms. The Balaban J connectivity index is 3.14. The van der Waals surface area contributed by atoms with Gasteiger partial charge in [-0.05, 0) is 6.07 Å². The van der Waals surface area contributed by atoms with Crippen LogP contribution in [0.1, 0.15) is 11.1 Å². The second kappa shape index (κ2) is 4.04. The van der Waals surface area contributed by atoms with Gasteiger partial charge in [0.15, 0.2) is 0 Å². The minimum Gasteiger partial charge on any atom is -0.481 e. The highest BCUT2D eigenvalue weighted by atomic mass is 35.5. The molecule has 0 spiro atoms. The summed E-state index contributed by atoms with van der Waals surface area (Å²) in [5, 5.41) is 0. The fourth-order valence-electron chi connectivity index (χ4n) is 0.932. The van der Waals surface area contributed by atoms with Gasteiger partial charge in [0.2, 0.25) is 5.88 Å². The van der Waals surface area contributed by atoms with Crippen LogP contribution in [0.5, 0.6) is 5.88 Å². The van der Waals surface area contributed by atoms with E-state index in [0.29, 0.717) is 0 Å². The minimum atomic E-state index is -4.40. The molecule has 1 aromatic heterocycles. The van der Waals surface area contributed by atoms with Gasteiger partial charge in [0, 0.05) is 11.8 Å². The largest absolute Gasteiger partial charge is 0.481 e. The number of halogens is 4. The average molecular weight is 226 g/mol. The van der Waals surface area contributed by atoms with Gasteiger partial charge < -0.3 is 4.74 Å². The first-order valence-electron chi connectivity index (χ1n) is 3.65. The predicted molar refractivity (Wildman–Crippen MR) is 45.3 cm³/mol. The molecule has 0 N–H and O–H groups in total. The van der Waals surface area contributed by atoms with E-state index in [9.17, 15) is 13.2 Å². The van der Waals surface area contributed by atoms with Crippen LogP contribution in [-0.4, -0.2) is 12.1 Å². The standard InChI is InChI=1S/C8H7ClF3NO/c1-14-7-5(3-9)2-6(4-13-7)8(10,11)12/h2,4H,3H2,1H3. The number of hydrogen-bond acceptors (Lipinski definition) is 2. The Bertz CT molecular complexity index is 327. The lowest BCUT2D eigenvalue weighted by Crippen LogP contribution is -2.07. The van der Waals surface area contributed by atoms with Crippen molar-refractivity contribution in [3.63, 3.8) is 0 Å². The molecular weight excluding hydrogens is 219 g/mol. The first-order chi connectivity index (χ1) is 6.49. The van der Waals surface area contributed by atoms with E-state index < -0.39 is 11.7 Å². The normalized spacial score (nSPS) is 11.5. The van der Waals surface area contributed by atoms with E-state index in [-0.39, 0.29) is 17.3 Å². The molecule has 0 saturated heterocycles. The van der Waals surface area contributed by atoms with Gasteiger partial charge in [-0.15, -0.1) is 11.6 Å². The van der Waals surface area contributed by atoms with Crippen LogP contribution < -0.4 is 4.74 Å². The van der Waals surface area contributed by atoms with Crippen LogP contribution in [0, 0.1) is 0 Å². The Morgan fingerprint density at radius 3 is 2.57 bits per heavy atom. The highest BCUT2D eigenvalue weighted by Gasteiger charge is 2.31. The van der Waals surface area contributed by atoms with E-state index in [1.807, 2.05) is 0 Å². The van der Waals surface area contributed by atoms with E-state index in [1.165, 1.54) is 7.11 Å². The van der Waals surface area contributed by atoms with Crippen LogP contribution in [-0.2, 0) is 12.1 Å². The maximum absolute atomic E-state index is 12.2. The monoisotopic (exact) mass is 225 g/mol. The van der Waals surface area contributed by atoms with Gasteiger partial charge in [-0.25, -0.2) is 4.98 Å². The van der Waals surface area contributed by atoms with Crippen molar-refractivity contribution in [1.82, 2.24) is 4.98 Å². The van der Waals surface area contributed by atoms with Crippen molar-refractivity contribution in [3.05, 3.63) is 23.4 Å². The van der Waals surface area contributed by atoms with Crippen LogP contribution in [0.2, 0.25) is 0 Å². The van der Waals surface area contributed by atoms with Crippen molar-refractivity contribution < 1.29 is 17.9 Å². The van der Waals surface area contributed by atoms with Gasteiger partial charge in [0.05, 0.1) is 18.6 Å². The molecule has 0 unspecified atom stereocenters. The molecule has 0 saturated carbocycles. The third-order valence-corrected chi connectivity index (χ3v) is 1.88. The summed E-state index contributed by atoms with van der Waals surface area (Å²) in [6.45, 7) is 0. The van der Waals surface area contributed by atoms with E-state index in [2.05, 4.69) is 4.98 Å². The van der Waals surface area contributed by atoms with Gasteiger partial charge in [0.25, 0.3) is 0 Å². The Hall–Kier alpha value is -0.970. The lowest BCUT2D eigenvalue weighted by atomic mass is 10.2. The summed E-state index contributed by atoms with van der Waals surface area (Å²) in [6, 6.07) is 0.929. The van der Waals surface area contributed by atoms with Gasteiger partial charge in [-0.2, -0.15) is 13.2 Å². The summed E-state index contributed by atoms with van der Waals surface area (Å²) in [4.78, 5) is 3.51. The van der Waals surface area contributed by atoms with Crippen molar-refractivity contribution in [3.8, 4) is 5.88 Å². The molecule has 1 heterocycles. The molecule has 0 amide bonds. The van der Waals surface area contributed by atoms with Crippen LogP contribution >= 0.6 is 11.6 Å². The average Bonchev–Trinajstić information content (AvgIpc) is 2.15. The number of ether oxygens (including phenoxy) is 1. The van der Waals surface area contributed by atoms with Crippen LogP contribution in [0.25, 0.3) is 0 Å². The topological polar surface area (TPSA) is 22.1 Å². The second-order valence-electron chi connectivity index (χ2n) is 2.52. The third kappa shape index (κ3) is 2.29. The number of rotatable bonds is 2. The van der Waals surface area contributed by atoms with Crippen molar-refractivity contribution in [1.29, 1.82) is 0 Å². The number of alkyl halides is 4. The molecular formula is C8H7ClF3NO. The van der Waals surface area contributed by atoms with Gasteiger partial charge in [0.1, 0.15) is 0 Å². The fourth-order valence-corrected chi connectivity index (χ4v) is 1.12. The lowest BCUT2D eigenvalue weighted by molar-refractivity contribution is -0.137. The molecule has 0 aromatic carbocycles. The van der Waals surface area contributed by atoms with Gasteiger partial charge in [-0.3, -0.25) is 0 Å².